The number of likely N-dealkylation sites (N-methyl/N-ethyl adjacent to an activating group) is 1. The number of hydrogen-bond donors (Lipinski definition) is 1. The first-order chi connectivity index (χ1) is 12.1. The van der Waals surface area contributed by atoms with Crippen molar-refractivity contribution in [1.82, 2.24) is 20.4 Å². The summed E-state index contributed by atoms with van der Waals surface area (Å²) in [4.78, 5) is 18.6. The number of aromatic nitrogens is 2. The molecule has 6 nitrogen and oxygen atoms in total. The summed E-state index contributed by atoms with van der Waals surface area (Å²) < 4.78 is 5.26. The lowest BCUT2D eigenvalue weighted by atomic mass is 10.1. The molecule has 0 fully saturated rings. The van der Waals surface area contributed by atoms with Crippen LogP contribution in [0.15, 0.2) is 34.9 Å². The molecular weight excluding hydrogens is 340 g/mol. The van der Waals surface area contributed by atoms with Gasteiger partial charge in [0.2, 0.25) is 11.8 Å². The molecule has 1 aliphatic heterocycles. The summed E-state index contributed by atoms with van der Waals surface area (Å²) >= 11 is 5.84. The maximum Gasteiger partial charge on any atom is 0.227 e. The van der Waals surface area contributed by atoms with Crippen LogP contribution < -0.4 is 5.32 Å². The van der Waals surface area contributed by atoms with Gasteiger partial charge < -0.3 is 14.7 Å². The van der Waals surface area contributed by atoms with Crippen molar-refractivity contribution >= 4 is 23.1 Å². The average molecular weight is 361 g/mol. The fourth-order valence-electron chi connectivity index (χ4n) is 2.57. The van der Waals surface area contributed by atoms with Crippen molar-refractivity contribution in [2.75, 3.05) is 20.1 Å². The van der Waals surface area contributed by atoms with Gasteiger partial charge in [0.1, 0.15) is 0 Å². The van der Waals surface area contributed by atoms with E-state index in [1.54, 1.807) is 12.1 Å². The Bertz CT molecular complexity index is 755. The maximum atomic E-state index is 12.0. The molecule has 0 saturated carbocycles. The molecule has 25 heavy (non-hydrogen) atoms. The fourth-order valence-corrected chi connectivity index (χ4v) is 2.70. The third kappa shape index (κ3) is 5.14. The number of benzene rings is 1. The second-order valence-electron chi connectivity index (χ2n) is 6.16. The van der Waals surface area contributed by atoms with Gasteiger partial charge in [-0.1, -0.05) is 35.0 Å². The van der Waals surface area contributed by atoms with Gasteiger partial charge in [-0.15, -0.1) is 0 Å². The van der Waals surface area contributed by atoms with Gasteiger partial charge in [-0.25, -0.2) is 0 Å². The van der Waals surface area contributed by atoms with E-state index in [0.29, 0.717) is 36.1 Å². The zero-order valence-electron chi connectivity index (χ0n) is 14.2. The highest BCUT2D eigenvalue weighted by Crippen LogP contribution is 2.19. The number of amides is 1. The molecule has 0 aliphatic carbocycles. The molecule has 0 bridgehead atoms. The number of aryl methyl sites for hydroxylation is 1. The minimum Gasteiger partial charge on any atom is -0.352 e. The molecule has 0 spiro atoms. The molecule has 0 saturated heterocycles. The first kappa shape index (κ1) is 17.6. The van der Waals surface area contributed by atoms with Gasteiger partial charge in [0.25, 0.3) is 0 Å². The van der Waals surface area contributed by atoms with E-state index in [4.69, 9.17) is 16.1 Å². The van der Waals surface area contributed by atoms with Gasteiger partial charge in [-0.3, -0.25) is 4.79 Å². The Morgan fingerprint density at radius 2 is 2.16 bits per heavy atom. The summed E-state index contributed by atoms with van der Waals surface area (Å²) in [5.74, 6) is 1.09. The van der Waals surface area contributed by atoms with Crippen LogP contribution in [0, 0.1) is 0 Å². The van der Waals surface area contributed by atoms with Crippen LogP contribution in [0.5, 0.6) is 0 Å². The molecule has 0 unspecified atom stereocenters. The van der Waals surface area contributed by atoms with Gasteiger partial charge >= 0.3 is 0 Å². The van der Waals surface area contributed by atoms with Crippen LogP contribution in [0.3, 0.4) is 0 Å². The average Bonchev–Trinajstić information content (AvgIpc) is 3.09. The first-order valence-electron chi connectivity index (χ1n) is 8.32. The summed E-state index contributed by atoms with van der Waals surface area (Å²) in [6.45, 7) is 2.36. The number of nitrogens with zero attached hydrogens (tertiary/aromatic N) is 3. The summed E-state index contributed by atoms with van der Waals surface area (Å²) in [5, 5.41) is 7.58. The highest BCUT2D eigenvalue weighted by atomic mass is 35.5. The van der Waals surface area contributed by atoms with Gasteiger partial charge in [-0.05, 0) is 36.7 Å². The number of nitrogens with one attached hydrogen (secondary N) is 1. The quantitative estimate of drug-likeness (QED) is 0.857. The van der Waals surface area contributed by atoms with Crippen molar-refractivity contribution in [3.63, 3.8) is 0 Å². The molecule has 7 heteroatoms. The molecular formula is C18H21ClN4O2. The predicted octanol–water partition coefficient (Wildman–Crippen LogP) is 2.69. The minimum atomic E-state index is -0.0480. The Morgan fingerprint density at radius 3 is 2.88 bits per heavy atom. The number of carbonyl (C=O) groups is 1. The maximum absolute atomic E-state index is 12.0. The molecule has 1 N–H and O–H groups in total. The Labute approximate surface area is 151 Å². The lowest BCUT2D eigenvalue weighted by molar-refractivity contribution is -0.121. The van der Waals surface area contributed by atoms with E-state index in [2.05, 4.69) is 33.5 Å². The largest absolute Gasteiger partial charge is 0.352 e. The Hall–Kier alpha value is -2.18. The Morgan fingerprint density at radius 1 is 1.36 bits per heavy atom. The molecule has 0 radical (unpaired) electrons. The SMILES string of the molecule is CN1CC=C(c2noc(CCC(=O)NCc3ccc(Cl)cc3)n2)CC1. The van der Waals surface area contributed by atoms with Crippen LogP contribution in [0.4, 0.5) is 0 Å². The van der Waals surface area contributed by atoms with Crippen LogP contribution in [-0.4, -0.2) is 41.1 Å². The van der Waals surface area contributed by atoms with Crippen molar-refractivity contribution in [3.05, 3.63) is 52.6 Å². The van der Waals surface area contributed by atoms with Gasteiger partial charge in [0.15, 0.2) is 5.82 Å². The molecule has 1 aliphatic rings. The summed E-state index contributed by atoms with van der Waals surface area (Å²) in [6, 6.07) is 7.39. The smallest absolute Gasteiger partial charge is 0.227 e. The lowest BCUT2D eigenvalue weighted by Gasteiger charge is -2.19. The molecule has 1 amide bonds. The second kappa shape index (κ2) is 8.27. The van der Waals surface area contributed by atoms with E-state index < -0.39 is 0 Å². The minimum absolute atomic E-state index is 0.0480. The zero-order valence-corrected chi connectivity index (χ0v) is 14.9. The molecule has 2 aromatic rings. The predicted molar refractivity (Wildman–Crippen MR) is 96.0 cm³/mol. The molecule has 2 heterocycles. The van der Waals surface area contributed by atoms with E-state index in [0.717, 1.165) is 30.6 Å². The second-order valence-corrected chi connectivity index (χ2v) is 6.59. The number of halogens is 1. The number of carbonyl (C=O) groups excluding carboxylic acids is 1. The molecule has 3 rings (SSSR count). The monoisotopic (exact) mass is 360 g/mol. The standard InChI is InChI=1S/C18H21ClN4O2/c1-23-10-8-14(9-11-23)18-21-17(25-22-18)7-6-16(24)20-12-13-2-4-15(19)5-3-13/h2-5,8H,6-7,9-12H2,1H3,(H,20,24). The van der Waals surface area contributed by atoms with E-state index in [-0.39, 0.29) is 5.91 Å². The summed E-state index contributed by atoms with van der Waals surface area (Å²) in [7, 11) is 2.08. The van der Waals surface area contributed by atoms with Crippen LogP contribution in [0.2, 0.25) is 5.02 Å². The van der Waals surface area contributed by atoms with Crippen LogP contribution in [-0.2, 0) is 17.8 Å². The Kier molecular flexibility index (Phi) is 5.83. The van der Waals surface area contributed by atoms with Gasteiger partial charge in [-0.2, -0.15) is 4.98 Å². The summed E-state index contributed by atoms with van der Waals surface area (Å²) in [6.07, 6.45) is 3.79. The van der Waals surface area contributed by atoms with Crippen molar-refractivity contribution < 1.29 is 9.32 Å². The summed E-state index contributed by atoms with van der Waals surface area (Å²) in [5.41, 5.74) is 2.12. The van der Waals surface area contributed by atoms with E-state index in [1.807, 2.05) is 12.1 Å². The molecule has 0 atom stereocenters. The van der Waals surface area contributed by atoms with Crippen LogP contribution in [0.1, 0.15) is 30.1 Å². The molecule has 1 aromatic heterocycles. The lowest BCUT2D eigenvalue weighted by Crippen LogP contribution is -2.24. The van der Waals surface area contributed by atoms with Crippen LogP contribution in [0.25, 0.3) is 5.57 Å². The van der Waals surface area contributed by atoms with Crippen molar-refractivity contribution in [2.24, 2.45) is 0 Å². The third-order valence-corrected chi connectivity index (χ3v) is 4.39. The van der Waals surface area contributed by atoms with Crippen molar-refractivity contribution in [3.8, 4) is 0 Å². The zero-order chi connectivity index (χ0) is 17.6. The fraction of sp³-hybridized carbons (Fsp3) is 0.389. The van der Waals surface area contributed by atoms with Crippen LogP contribution >= 0.6 is 11.6 Å². The topological polar surface area (TPSA) is 71.3 Å². The normalized spacial score (nSPS) is 15.0. The van der Waals surface area contributed by atoms with Crippen molar-refractivity contribution in [2.45, 2.75) is 25.8 Å². The van der Waals surface area contributed by atoms with E-state index in [1.165, 1.54) is 0 Å². The van der Waals surface area contributed by atoms with Crippen molar-refractivity contribution in [1.29, 1.82) is 0 Å². The highest BCUT2D eigenvalue weighted by Gasteiger charge is 2.15. The number of rotatable bonds is 6. The number of hydrogen-bond acceptors (Lipinski definition) is 5. The molecule has 132 valence electrons. The molecule has 1 aromatic carbocycles. The first-order valence-corrected chi connectivity index (χ1v) is 8.69. The highest BCUT2D eigenvalue weighted by molar-refractivity contribution is 6.30. The van der Waals surface area contributed by atoms with Gasteiger partial charge in [0, 0.05) is 37.5 Å². The van der Waals surface area contributed by atoms with E-state index in [9.17, 15) is 4.79 Å². The van der Waals surface area contributed by atoms with Gasteiger partial charge in [0.05, 0.1) is 0 Å². The van der Waals surface area contributed by atoms with E-state index >= 15 is 0 Å². The Balaban J connectivity index is 1.45. The third-order valence-electron chi connectivity index (χ3n) is 4.14.